The number of hydrogen-bond donors (Lipinski definition) is 1. The molecule has 1 aromatic rings. The van der Waals surface area contributed by atoms with Gasteiger partial charge in [0.15, 0.2) is 0 Å². The number of hydrogen-bond acceptors (Lipinski definition) is 4. The van der Waals surface area contributed by atoms with Crippen LogP contribution in [-0.2, 0) is 6.54 Å². The Morgan fingerprint density at radius 1 is 1.26 bits per heavy atom. The Balaban J connectivity index is 1.63. The van der Waals surface area contributed by atoms with Gasteiger partial charge in [0.05, 0.1) is 18.1 Å². The van der Waals surface area contributed by atoms with E-state index >= 15 is 0 Å². The number of aromatic nitrogens is 2. The molecule has 4 nitrogen and oxygen atoms in total. The van der Waals surface area contributed by atoms with Crippen molar-refractivity contribution in [1.29, 1.82) is 0 Å². The molecule has 0 amide bonds. The predicted molar refractivity (Wildman–Crippen MR) is 77.1 cm³/mol. The largest absolute Gasteiger partial charge is 0.352 e. The van der Waals surface area contributed by atoms with Crippen LogP contribution in [0, 0.1) is 5.92 Å². The molecule has 0 spiro atoms. The molecule has 2 fully saturated rings. The summed E-state index contributed by atoms with van der Waals surface area (Å²) >= 11 is 0. The molecular formula is C15H24N4. The van der Waals surface area contributed by atoms with Crippen molar-refractivity contribution in [2.75, 3.05) is 11.4 Å². The van der Waals surface area contributed by atoms with Gasteiger partial charge in [-0.25, -0.2) is 4.98 Å². The minimum Gasteiger partial charge on any atom is -0.352 e. The zero-order valence-electron chi connectivity index (χ0n) is 12.0. The Hall–Kier alpha value is -1.16. The third-order valence-corrected chi connectivity index (χ3v) is 4.20. The molecule has 104 valence electrons. The molecule has 0 radical (unpaired) electrons. The molecule has 1 aliphatic carbocycles. The lowest BCUT2D eigenvalue weighted by atomic mass is 10.0. The molecule has 1 saturated heterocycles. The molecule has 19 heavy (non-hydrogen) atoms. The molecule has 0 bridgehead atoms. The third kappa shape index (κ3) is 3.06. The maximum absolute atomic E-state index is 4.62. The maximum Gasteiger partial charge on any atom is 0.147 e. The van der Waals surface area contributed by atoms with E-state index in [1.807, 2.05) is 12.4 Å². The fourth-order valence-corrected chi connectivity index (χ4v) is 2.89. The Morgan fingerprint density at radius 3 is 2.74 bits per heavy atom. The van der Waals surface area contributed by atoms with Crippen molar-refractivity contribution in [3.05, 3.63) is 18.1 Å². The molecule has 4 heteroatoms. The van der Waals surface area contributed by atoms with Crippen LogP contribution in [0.25, 0.3) is 0 Å². The van der Waals surface area contributed by atoms with Crippen LogP contribution >= 0.6 is 0 Å². The fourth-order valence-electron chi connectivity index (χ4n) is 2.89. The molecule has 1 saturated carbocycles. The van der Waals surface area contributed by atoms with Crippen LogP contribution in [0.1, 0.15) is 45.2 Å². The highest BCUT2D eigenvalue weighted by Gasteiger charge is 2.28. The van der Waals surface area contributed by atoms with Crippen molar-refractivity contribution in [2.24, 2.45) is 5.92 Å². The summed E-state index contributed by atoms with van der Waals surface area (Å²) in [5.41, 5.74) is 1.05. The molecule has 1 aromatic heterocycles. The van der Waals surface area contributed by atoms with Crippen LogP contribution < -0.4 is 10.2 Å². The zero-order valence-corrected chi connectivity index (χ0v) is 12.0. The fraction of sp³-hybridized carbons (Fsp3) is 0.733. The van der Waals surface area contributed by atoms with Gasteiger partial charge in [0, 0.05) is 25.2 Å². The van der Waals surface area contributed by atoms with E-state index in [0.29, 0.717) is 12.0 Å². The summed E-state index contributed by atoms with van der Waals surface area (Å²) in [6, 6.07) is 1.36. The highest BCUT2D eigenvalue weighted by Crippen LogP contribution is 2.27. The normalized spacial score (nSPS) is 23.3. The van der Waals surface area contributed by atoms with E-state index in [1.54, 1.807) is 0 Å². The smallest absolute Gasteiger partial charge is 0.147 e. The molecule has 3 rings (SSSR count). The Kier molecular flexibility index (Phi) is 3.69. The van der Waals surface area contributed by atoms with Gasteiger partial charge in [0.25, 0.3) is 0 Å². The summed E-state index contributed by atoms with van der Waals surface area (Å²) in [5.74, 6) is 1.73. The molecular weight excluding hydrogens is 236 g/mol. The summed E-state index contributed by atoms with van der Waals surface area (Å²) < 4.78 is 0. The number of nitrogens with zero attached hydrogens (tertiary/aromatic N) is 3. The van der Waals surface area contributed by atoms with Crippen LogP contribution in [-0.4, -0.2) is 28.6 Å². The Labute approximate surface area is 115 Å². The minimum absolute atomic E-state index is 0.629. The van der Waals surface area contributed by atoms with Gasteiger partial charge in [0.2, 0.25) is 0 Å². The second-order valence-electron chi connectivity index (χ2n) is 6.17. The summed E-state index contributed by atoms with van der Waals surface area (Å²) in [7, 11) is 0. The van der Waals surface area contributed by atoms with Crippen molar-refractivity contribution >= 4 is 5.82 Å². The van der Waals surface area contributed by atoms with E-state index in [9.17, 15) is 0 Å². The second-order valence-corrected chi connectivity index (χ2v) is 6.17. The van der Waals surface area contributed by atoms with E-state index < -0.39 is 0 Å². The summed E-state index contributed by atoms with van der Waals surface area (Å²) in [4.78, 5) is 11.6. The monoisotopic (exact) mass is 260 g/mol. The molecule has 2 aliphatic rings. The summed E-state index contributed by atoms with van der Waals surface area (Å²) in [6.07, 6.45) is 9.07. The standard InChI is InChI=1S/C15H24N4/c1-11(2)14-4-3-7-19(14)15-10-17-13(9-18-15)8-16-12-5-6-12/h9-12,14,16H,3-8H2,1-2H3. The zero-order chi connectivity index (χ0) is 13.2. The highest BCUT2D eigenvalue weighted by atomic mass is 15.2. The van der Waals surface area contributed by atoms with E-state index in [4.69, 9.17) is 0 Å². The Morgan fingerprint density at radius 2 is 2.11 bits per heavy atom. The quantitative estimate of drug-likeness (QED) is 0.882. The van der Waals surface area contributed by atoms with Crippen molar-refractivity contribution in [2.45, 2.75) is 58.2 Å². The van der Waals surface area contributed by atoms with Gasteiger partial charge in [-0.1, -0.05) is 13.8 Å². The van der Waals surface area contributed by atoms with Crippen LogP contribution in [0.5, 0.6) is 0 Å². The van der Waals surface area contributed by atoms with E-state index in [2.05, 4.69) is 34.0 Å². The SMILES string of the molecule is CC(C)C1CCCN1c1cnc(CNC2CC2)cn1. The van der Waals surface area contributed by atoms with E-state index in [-0.39, 0.29) is 0 Å². The van der Waals surface area contributed by atoms with E-state index in [1.165, 1.54) is 25.7 Å². The number of anilines is 1. The third-order valence-electron chi connectivity index (χ3n) is 4.20. The first kappa shape index (κ1) is 12.9. The summed E-state index contributed by atoms with van der Waals surface area (Å²) in [5, 5.41) is 3.47. The lowest BCUT2D eigenvalue weighted by molar-refractivity contribution is 0.489. The van der Waals surface area contributed by atoms with Gasteiger partial charge in [-0.15, -0.1) is 0 Å². The molecule has 1 N–H and O–H groups in total. The van der Waals surface area contributed by atoms with Crippen molar-refractivity contribution in [3.63, 3.8) is 0 Å². The lowest BCUT2D eigenvalue weighted by Gasteiger charge is -2.28. The topological polar surface area (TPSA) is 41.1 Å². The second kappa shape index (κ2) is 5.45. The molecule has 1 aliphatic heterocycles. The van der Waals surface area contributed by atoms with Gasteiger partial charge in [0.1, 0.15) is 5.82 Å². The number of nitrogens with one attached hydrogen (secondary N) is 1. The van der Waals surface area contributed by atoms with Crippen molar-refractivity contribution in [1.82, 2.24) is 15.3 Å². The molecule has 1 atom stereocenters. The summed E-state index contributed by atoms with van der Waals surface area (Å²) in [6.45, 7) is 6.57. The van der Waals surface area contributed by atoms with Crippen LogP contribution in [0.15, 0.2) is 12.4 Å². The van der Waals surface area contributed by atoms with Gasteiger partial charge >= 0.3 is 0 Å². The van der Waals surface area contributed by atoms with Crippen LogP contribution in [0.4, 0.5) is 5.82 Å². The average molecular weight is 260 g/mol. The van der Waals surface area contributed by atoms with Gasteiger partial charge < -0.3 is 10.2 Å². The van der Waals surface area contributed by atoms with Gasteiger partial charge in [-0.3, -0.25) is 4.98 Å². The van der Waals surface area contributed by atoms with Crippen molar-refractivity contribution in [3.8, 4) is 0 Å². The predicted octanol–water partition coefficient (Wildman–Crippen LogP) is 2.35. The minimum atomic E-state index is 0.629. The first-order valence-corrected chi connectivity index (χ1v) is 7.55. The van der Waals surface area contributed by atoms with E-state index in [0.717, 1.165) is 30.6 Å². The maximum atomic E-state index is 4.62. The first-order valence-electron chi connectivity index (χ1n) is 7.55. The average Bonchev–Trinajstić information content (AvgIpc) is 3.11. The first-order chi connectivity index (χ1) is 9.24. The molecule has 2 heterocycles. The van der Waals surface area contributed by atoms with Crippen LogP contribution in [0.2, 0.25) is 0 Å². The van der Waals surface area contributed by atoms with Crippen LogP contribution in [0.3, 0.4) is 0 Å². The van der Waals surface area contributed by atoms with Gasteiger partial charge in [-0.05, 0) is 31.6 Å². The highest BCUT2D eigenvalue weighted by molar-refractivity contribution is 5.39. The number of rotatable bonds is 5. The van der Waals surface area contributed by atoms with Gasteiger partial charge in [-0.2, -0.15) is 0 Å². The lowest BCUT2D eigenvalue weighted by Crippen LogP contribution is -2.34. The molecule has 1 unspecified atom stereocenters. The van der Waals surface area contributed by atoms with Crippen molar-refractivity contribution < 1.29 is 0 Å². The Bertz CT molecular complexity index is 411. The molecule has 0 aromatic carbocycles.